The summed E-state index contributed by atoms with van der Waals surface area (Å²) in [6, 6.07) is 24.4. The zero-order valence-corrected chi connectivity index (χ0v) is 18.6. The Labute approximate surface area is 192 Å². The number of nitrogens with zero attached hydrogens (tertiary/aromatic N) is 3. The zero-order chi connectivity index (χ0) is 22.8. The molecular formula is C27H26N4O2. The normalized spacial score (nSPS) is 16.3. The fourth-order valence-corrected chi connectivity index (χ4v) is 4.66. The fraction of sp³-hybridized carbons (Fsp3) is 0.222. The van der Waals surface area contributed by atoms with E-state index < -0.39 is 0 Å². The average molecular weight is 439 g/mol. The Morgan fingerprint density at radius 3 is 2.61 bits per heavy atom. The molecule has 2 heterocycles. The summed E-state index contributed by atoms with van der Waals surface area (Å²) < 4.78 is 2.30. The summed E-state index contributed by atoms with van der Waals surface area (Å²) in [6.07, 6.45) is 1.88. The molecule has 0 spiro atoms. The van der Waals surface area contributed by atoms with Crippen LogP contribution in [0, 0.1) is 5.92 Å². The van der Waals surface area contributed by atoms with Gasteiger partial charge in [-0.15, -0.1) is 0 Å². The molecule has 1 unspecified atom stereocenters. The number of hydrogen-bond donors (Lipinski definition) is 1. The molecular weight excluding hydrogens is 412 g/mol. The van der Waals surface area contributed by atoms with E-state index in [0.29, 0.717) is 13.1 Å². The number of carbonyl (C=O) groups excluding carboxylic acids is 2. The molecule has 6 heteroatoms. The van der Waals surface area contributed by atoms with Gasteiger partial charge in [0.05, 0.1) is 12.1 Å². The third-order valence-corrected chi connectivity index (χ3v) is 6.30. The number of carbonyl (C=O) groups is 2. The van der Waals surface area contributed by atoms with Crippen molar-refractivity contribution in [3.05, 3.63) is 83.9 Å². The van der Waals surface area contributed by atoms with Crippen molar-refractivity contribution in [1.82, 2.24) is 14.9 Å². The van der Waals surface area contributed by atoms with Gasteiger partial charge in [-0.25, -0.2) is 5.43 Å². The maximum absolute atomic E-state index is 12.6. The predicted octanol–water partition coefficient (Wildman–Crippen LogP) is 4.31. The van der Waals surface area contributed by atoms with Crippen LogP contribution in [-0.2, 0) is 22.7 Å². The van der Waals surface area contributed by atoms with Crippen LogP contribution in [0.25, 0.3) is 21.8 Å². The number of hydrogen-bond acceptors (Lipinski definition) is 3. The lowest BCUT2D eigenvalue weighted by Gasteiger charge is -2.16. The Kier molecular flexibility index (Phi) is 5.65. The Morgan fingerprint density at radius 2 is 1.79 bits per heavy atom. The summed E-state index contributed by atoms with van der Waals surface area (Å²) in [5.41, 5.74) is 6.99. The minimum Gasteiger partial charge on any atom is -0.341 e. The molecule has 6 nitrogen and oxygen atoms in total. The van der Waals surface area contributed by atoms with Crippen molar-refractivity contribution >= 4 is 39.8 Å². The Bertz CT molecular complexity index is 1360. The molecule has 1 saturated heterocycles. The first-order chi connectivity index (χ1) is 16.1. The molecule has 5 rings (SSSR count). The highest BCUT2D eigenvalue weighted by molar-refractivity contribution is 6.09. The molecule has 2 amide bonds. The quantitative estimate of drug-likeness (QED) is 0.360. The number of aromatic nitrogens is 1. The SMILES string of the molecule is CCn1c2ccccc2c2cc(/C=N/NC(=O)C3CC(=O)N(Cc4ccccc4)C3)ccc21. The summed E-state index contributed by atoms with van der Waals surface area (Å²) in [5.74, 6) is -0.608. The van der Waals surface area contributed by atoms with E-state index in [1.54, 1.807) is 11.1 Å². The summed E-state index contributed by atoms with van der Waals surface area (Å²) >= 11 is 0. The van der Waals surface area contributed by atoms with Crippen molar-refractivity contribution in [2.75, 3.05) is 6.54 Å². The number of aryl methyl sites for hydroxylation is 1. The van der Waals surface area contributed by atoms with Gasteiger partial charge >= 0.3 is 0 Å². The van der Waals surface area contributed by atoms with Gasteiger partial charge < -0.3 is 9.47 Å². The number of nitrogens with one attached hydrogen (secondary N) is 1. The smallest absolute Gasteiger partial charge is 0.245 e. The van der Waals surface area contributed by atoms with Crippen molar-refractivity contribution in [2.24, 2.45) is 11.0 Å². The second-order valence-corrected chi connectivity index (χ2v) is 8.43. The molecule has 1 atom stereocenters. The van der Waals surface area contributed by atoms with Crippen LogP contribution in [-0.4, -0.2) is 34.0 Å². The molecule has 0 saturated carbocycles. The van der Waals surface area contributed by atoms with E-state index in [4.69, 9.17) is 0 Å². The van der Waals surface area contributed by atoms with Crippen LogP contribution >= 0.6 is 0 Å². The molecule has 0 aliphatic carbocycles. The van der Waals surface area contributed by atoms with Gasteiger partial charge in [0.25, 0.3) is 0 Å². The number of amides is 2. The molecule has 3 aromatic carbocycles. The van der Waals surface area contributed by atoms with Gasteiger partial charge in [0.15, 0.2) is 0 Å². The maximum Gasteiger partial charge on any atom is 0.245 e. The van der Waals surface area contributed by atoms with E-state index in [1.807, 2.05) is 42.5 Å². The summed E-state index contributed by atoms with van der Waals surface area (Å²) in [4.78, 5) is 26.7. The van der Waals surface area contributed by atoms with Gasteiger partial charge in [-0.2, -0.15) is 5.10 Å². The maximum atomic E-state index is 12.6. The number of rotatable bonds is 6. The van der Waals surface area contributed by atoms with Crippen LogP contribution in [0.3, 0.4) is 0 Å². The average Bonchev–Trinajstić information content (AvgIpc) is 3.37. The lowest BCUT2D eigenvalue weighted by Crippen LogP contribution is -2.30. The number of para-hydroxylation sites is 1. The van der Waals surface area contributed by atoms with Crippen LogP contribution in [0.15, 0.2) is 77.9 Å². The summed E-state index contributed by atoms with van der Waals surface area (Å²) in [6.45, 7) is 3.98. The van der Waals surface area contributed by atoms with Crippen LogP contribution in [0.4, 0.5) is 0 Å². The minimum absolute atomic E-state index is 0.000693. The lowest BCUT2D eigenvalue weighted by molar-refractivity contribution is -0.129. The largest absolute Gasteiger partial charge is 0.341 e. The van der Waals surface area contributed by atoms with Crippen LogP contribution in [0.2, 0.25) is 0 Å². The van der Waals surface area contributed by atoms with E-state index in [1.165, 1.54) is 21.8 Å². The number of hydrazone groups is 1. The first-order valence-electron chi connectivity index (χ1n) is 11.3. The first-order valence-corrected chi connectivity index (χ1v) is 11.3. The van der Waals surface area contributed by atoms with Gasteiger partial charge in [-0.3, -0.25) is 9.59 Å². The predicted molar refractivity (Wildman–Crippen MR) is 131 cm³/mol. The third-order valence-electron chi connectivity index (χ3n) is 6.30. The van der Waals surface area contributed by atoms with Gasteiger partial charge in [0.2, 0.25) is 11.8 Å². The molecule has 0 bridgehead atoms. The van der Waals surface area contributed by atoms with E-state index in [2.05, 4.69) is 52.3 Å². The Morgan fingerprint density at radius 1 is 1.03 bits per heavy atom. The highest BCUT2D eigenvalue weighted by atomic mass is 16.2. The van der Waals surface area contributed by atoms with Crippen molar-refractivity contribution < 1.29 is 9.59 Å². The van der Waals surface area contributed by atoms with Gasteiger partial charge in [0, 0.05) is 47.9 Å². The molecule has 4 aromatic rings. The highest BCUT2D eigenvalue weighted by Gasteiger charge is 2.34. The minimum atomic E-state index is -0.386. The Balaban J connectivity index is 1.26. The topological polar surface area (TPSA) is 66.7 Å². The molecule has 1 fully saturated rings. The van der Waals surface area contributed by atoms with Crippen LogP contribution in [0.5, 0.6) is 0 Å². The van der Waals surface area contributed by atoms with E-state index in [9.17, 15) is 9.59 Å². The summed E-state index contributed by atoms with van der Waals surface area (Å²) in [5, 5.41) is 6.55. The van der Waals surface area contributed by atoms with Crippen molar-refractivity contribution in [3.63, 3.8) is 0 Å². The van der Waals surface area contributed by atoms with Gasteiger partial charge in [-0.1, -0.05) is 54.6 Å². The Hall–Kier alpha value is -3.93. The molecule has 1 aromatic heterocycles. The van der Waals surface area contributed by atoms with E-state index in [-0.39, 0.29) is 24.2 Å². The molecule has 1 aliphatic rings. The van der Waals surface area contributed by atoms with Crippen LogP contribution in [0.1, 0.15) is 24.5 Å². The van der Waals surface area contributed by atoms with Gasteiger partial charge in [-0.05, 0) is 36.2 Å². The number of likely N-dealkylation sites (tertiary alicyclic amines) is 1. The first kappa shape index (κ1) is 20.9. The van der Waals surface area contributed by atoms with Crippen LogP contribution < -0.4 is 5.43 Å². The number of fused-ring (bicyclic) bond motifs is 3. The van der Waals surface area contributed by atoms with Crippen molar-refractivity contribution in [3.8, 4) is 0 Å². The molecule has 0 radical (unpaired) electrons. The monoisotopic (exact) mass is 438 g/mol. The van der Waals surface area contributed by atoms with Crippen molar-refractivity contribution in [2.45, 2.75) is 26.4 Å². The van der Waals surface area contributed by atoms with E-state index in [0.717, 1.165) is 17.7 Å². The highest BCUT2D eigenvalue weighted by Crippen LogP contribution is 2.29. The zero-order valence-electron chi connectivity index (χ0n) is 18.6. The lowest BCUT2D eigenvalue weighted by atomic mass is 10.1. The number of benzene rings is 3. The fourth-order valence-electron chi connectivity index (χ4n) is 4.66. The second kappa shape index (κ2) is 8.90. The van der Waals surface area contributed by atoms with E-state index >= 15 is 0 Å². The third kappa shape index (κ3) is 4.12. The second-order valence-electron chi connectivity index (χ2n) is 8.43. The summed E-state index contributed by atoms with van der Waals surface area (Å²) in [7, 11) is 0. The van der Waals surface area contributed by atoms with Gasteiger partial charge in [0.1, 0.15) is 0 Å². The van der Waals surface area contributed by atoms with Crippen molar-refractivity contribution in [1.29, 1.82) is 0 Å². The molecule has 33 heavy (non-hydrogen) atoms. The standard InChI is InChI=1S/C27H26N4O2/c1-2-31-24-11-7-6-10-22(24)23-14-20(12-13-25(23)31)16-28-29-27(33)21-15-26(32)30(18-21)17-19-8-4-3-5-9-19/h3-14,16,21H,2,15,17-18H2,1H3,(H,29,33)/b28-16+. The molecule has 166 valence electrons. The molecule has 1 aliphatic heterocycles. The molecule has 1 N–H and O–H groups in total.